The van der Waals surface area contributed by atoms with E-state index in [0.717, 1.165) is 30.0 Å². The number of amides is 2. The van der Waals surface area contributed by atoms with Gasteiger partial charge in [0.15, 0.2) is 0 Å². The quantitative estimate of drug-likeness (QED) is 0.594. The fourth-order valence-electron chi connectivity index (χ4n) is 3.67. The van der Waals surface area contributed by atoms with Crippen LogP contribution in [0.15, 0.2) is 60.7 Å². The zero-order chi connectivity index (χ0) is 21.3. The summed E-state index contributed by atoms with van der Waals surface area (Å²) < 4.78 is 11.2. The van der Waals surface area contributed by atoms with Gasteiger partial charge in [-0.2, -0.15) is 0 Å². The fourth-order valence-corrected chi connectivity index (χ4v) is 3.67. The van der Waals surface area contributed by atoms with Crippen molar-refractivity contribution in [3.8, 4) is 11.5 Å². The van der Waals surface area contributed by atoms with Gasteiger partial charge in [-0.05, 0) is 56.6 Å². The minimum atomic E-state index is -0.244. The van der Waals surface area contributed by atoms with Gasteiger partial charge >= 0.3 is 6.03 Å². The minimum Gasteiger partial charge on any atom is -0.496 e. The number of para-hydroxylation sites is 1. The Morgan fingerprint density at radius 3 is 2.67 bits per heavy atom. The number of hydrogen-bond acceptors (Lipinski definition) is 4. The topological polar surface area (TPSA) is 62.8 Å². The lowest BCUT2D eigenvalue weighted by Gasteiger charge is -2.29. The molecule has 0 saturated carbocycles. The summed E-state index contributed by atoms with van der Waals surface area (Å²) in [5.41, 5.74) is 2.72. The second-order valence-corrected chi connectivity index (χ2v) is 7.61. The molecule has 1 aliphatic heterocycles. The van der Waals surface area contributed by atoms with Crippen LogP contribution in [0.4, 0.5) is 10.5 Å². The second-order valence-electron chi connectivity index (χ2n) is 7.61. The highest BCUT2D eigenvalue weighted by Crippen LogP contribution is 2.31. The number of urea groups is 1. The van der Waals surface area contributed by atoms with E-state index in [1.54, 1.807) is 13.2 Å². The molecule has 30 heavy (non-hydrogen) atoms. The van der Waals surface area contributed by atoms with E-state index in [0.29, 0.717) is 24.6 Å². The number of carbonyl (C=O) groups is 1. The van der Waals surface area contributed by atoms with E-state index in [2.05, 4.69) is 28.2 Å². The van der Waals surface area contributed by atoms with Gasteiger partial charge in [0, 0.05) is 23.9 Å². The van der Waals surface area contributed by atoms with Gasteiger partial charge in [-0.25, -0.2) is 4.79 Å². The number of nitrogens with one attached hydrogen (secondary N) is 2. The second kappa shape index (κ2) is 10.7. The number of nitrogens with zero attached hydrogens (tertiary/aromatic N) is 1. The Hall–Kier alpha value is -2.99. The molecule has 2 N–H and O–H groups in total. The zero-order valence-electron chi connectivity index (χ0n) is 17.8. The van der Waals surface area contributed by atoms with Crippen molar-refractivity contribution in [1.29, 1.82) is 0 Å². The number of rotatable bonds is 9. The number of likely N-dealkylation sites (tertiary alicyclic amines) is 1. The van der Waals surface area contributed by atoms with Crippen molar-refractivity contribution in [3.05, 3.63) is 66.2 Å². The maximum atomic E-state index is 12.6. The van der Waals surface area contributed by atoms with Crippen molar-refractivity contribution in [1.82, 2.24) is 10.2 Å². The molecule has 0 radical (unpaired) electrons. The van der Waals surface area contributed by atoms with Gasteiger partial charge in [-0.15, -0.1) is 0 Å². The summed E-state index contributed by atoms with van der Waals surface area (Å²) in [5.74, 6) is 1.54. The average molecular weight is 410 g/mol. The zero-order valence-corrected chi connectivity index (χ0v) is 17.8. The number of benzene rings is 2. The maximum Gasteiger partial charge on any atom is 0.319 e. The van der Waals surface area contributed by atoms with Crippen LogP contribution >= 0.6 is 0 Å². The van der Waals surface area contributed by atoms with E-state index in [1.807, 2.05) is 43.3 Å². The van der Waals surface area contributed by atoms with E-state index in [1.165, 1.54) is 12.8 Å². The van der Waals surface area contributed by atoms with Crippen LogP contribution in [-0.2, 0) is 0 Å². The maximum absolute atomic E-state index is 12.6. The van der Waals surface area contributed by atoms with Gasteiger partial charge in [0.2, 0.25) is 0 Å². The Labute approximate surface area is 178 Å². The van der Waals surface area contributed by atoms with E-state index in [4.69, 9.17) is 9.47 Å². The highest BCUT2D eigenvalue weighted by Gasteiger charge is 2.26. The third-order valence-electron chi connectivity index (χ3n) is 5.11. The highest BCUT2D eigenvalue weighted by atomic mass is 16.5. The molecule has 2 amide bonds. The monoisotopic (exact) mass is 409 g/mol. The molecule has 2 aromatic carbocycles. The predicted molar refractivity (Wildman–Crippen MR) is 120 cm³/mol. The molecule has 0 bridgehead atoms. The lowest BCUT2D eigenvalue weighted by molar-refractivity contribution is 0.224. The minimum absolute atomic E-state index is 0.0691. The molecule has 1 fully saturated rings. The summed E-state index contributed by atoms with van der Waals surface area (Å²) in [7, 11) is 1.68. The Kier molecular flexibility index (Phi) is 7.74. The lowest BCUT2D eigenvalue weighted by Crippen LogP contribution is -2.38. The summed E-state index contributed by atoms with van der Waals surface area (Å²) in [6, 6.07) is 15.2. The van der Waals surface area contributed by atoms with E-state index in [9.17, 15) is 4.79 Å². The molecule has 0 aromatic heterocycles. The molecule has 160 valence electrons. The largest absolute Gasteiger partial charge is 0.496 e. The van der Waals surface area contributed by atoms with Crippen LogP contribution in [0.5, 0.6) is 11.5 Å². The molecule has 6 heteroatoms. The number of anilines is 1. The molecule has 1 atom stereocenters. The molecule has 3 rings (SSSR count). The summed E-state index contributed by atoms with van der Waals surface area (Å²) in [4.78, 5) is 15.0. The molecular formula is C24H31N3O3. The fraction of sp³-hybridized carbons (Fsp3) is 0.375. The van der Waals surface area contributed by atoms with Gasteiger partial charge in [0.05, 0.1) is 13.2 Å². The van der Waals surface area contributed by atoms with Crippen molar-refractivity contribution in [2.24, 2.45) is 0 Å². The Balaban J connectivity index is 1.63. The normalized spacial score (nSPS) is 14.7. The standard InChI is InChI=1S/C24H31N3O3/c1-18(2)17-30-20-10-8-9-19(15-20)26-24(28)25-16-22(27-13-6-7-14-27)21-11-4-5-12-23(21)29-3/h4-5,8-12,15,22H,1,6-7,13-14,16-17H2,2-3H3,(H2,25,26,28). The molecule has 0 spiro atoms. The first kappa shape index (κ1) is 21.7. The van der Waals surface area contributed by atoms with E-state index >= 15 is 0 Å². The third-order valence-corrected chi connectivity index (χ3v) is 5.11. The summed E-state index contributed by atoms with van der Waals surface area (Å²) in [5, 5.41) is 5.92. The van der Waals surface area contributed by atoms with Crippen LogP contribution in [0.2, 0.25) is 0 Å². The van der Waals surface area contributed by atoms with Crippen LogP contribution in [0.3, 0.4) is 0 Å². The molecular weight excluding hydrogens is 378 g/mol. The summed E-state index contributed by atoms with van der Waals surface area (Å²) >= 11 is 0. The smallest absolute Gasteiger partial charge is 0.319 e. The first-order chi connectivity index (χ1) is 14.6. The van der Waals surface area contributed by atoms with E-state index in [-0.39, 0.29) is 12.1 Å². The van der Waals surface area contributed by atoms with Gasteiger partial charge in [-0.1, -0.05) is 30.8 Å². The Morgan fingerprint density at radius 2 is 1.93 bits per heavy atom. The van der Waals surface area contributed by atoms with Crippen molar-refractivity contribution in [2.75, 3.05) is 38.7 Å². The van der Waals surface area contributed by atoms with Crippen molar-refractivity contribution >= 4 is 11.7 Å². The molecule has 2 aromatic rings. The predicted octanol–water partition coefficient (Wildman–Crippen LogP) is 4.61. The third kappa shape index (κ3) is 6.00. The summed E-state index contributed by atoms with van der Waals surface area (Å²) in [6.07, 6.45) is 2.35. The molecule has 1 unspecified atom stereocenters. The number of hydrogen-bond donors (Lipinski definition) is 2. The van der Waals surface area contributed by atoms with Crippen LogP contribution in [0.25, 0.3) is 0 Å². The highest BCUT2D eigenvalue weighted by molar-refractivity contribution is 5.89. The molecule has 6 nitrogen and oxygen atoms in total. The summed E-state index contributed by atoms with van der Waals surface area (Å²) in [6.45, 7) is 8.74. The van der Waals surface area contributed by atoms with Crippen molar-refractivity contribution < 1.29 is 14.3 Å². The number of ether oxygens (including phenoxy) is 2. The molecule has 0 aliphatic carbocycles. The lowest BCUT2D eigenvalue weighted by atomic mass is 10.0. The SMILES string of the molecule is C=C(C)COc1cccc(NC(=O)NCC(c2ccccc2OC)N2CCCC2)c1. The first-order valence-electron chi connectivity index (χ1n) is 10.4. The molecule has 1 heterocycles. The van der Waals surface area contributed by atoms with Crippen molar-refractivity contribution in [3.63, 3.8) is 0 Å². The molecule has 1 aliphatic rings. The van der Waals surface area contributed by atoms with Gasteiger partial charge in [0.1, 0.15) is 18.1 Å². The number of methoxy groups -OCH3 is 1. The van der Waals surface area contributed by atoms with Crippen LogP contribution < -0.4 is 20.1 Å². The van der Waals surface area contributed by atoms with Crippen LogP contribution in [0.1, 0.15) is 31.4 Å². The van der Waals surface area contributed by atoms with Crippen molar-refractivity contribution in [2.45, 2.75) is 25.8 Å². The first-order valence-corrected chi connectivity index (χ1v) is 10.4. The Bertz CT molecular complexity index is 862. The van der Waals surface area contributed by atoms with Crippen LogP contribution in [-0.4, -0.2) is 44.3 Å². The average Bonchev–Trinajstić information content (AvgIpc) is 3.27. The van der Waals surface area contributed by atoms with Gasteiger partial charge < -0.3 is 20.1 Å². The van der Waals surface area contributed by atoms with Crippen LogP contribution in [0, 0.1) is 0 Å². The Morgan fingerprint density at radius 1 is 1.17 bits per heavy atom. The number of carbonyl (C=O) groups excluding carboxylic acids is 1. The molecule has 1 saturated heterocycles. The van der Waals surface area contributed by atoms with Gasteiger partial charge in [0.25, 0.3) is 0 Å². The van der Waals surface area contributed by atoms with Gasteiger partial charge in [-0.3, -0.25) is 4.90 Å². The van der Waals surface area contributed by atoms with E-state index < -0.39 is 0 Å².